The molecule has 0 atom stereocenters. The molecule has 0 aliphatic heterocycles. The number of carbonyl (C=O) groups excluding carboxylic acids is 1. The van der Waals surface area contributed by atoms with E-state index in [1.165, 1.54) is 0 Å². The van der Waals surface area contributed by atoms with E-state index >= 15 is 0 Å². The molecular formula is C18H19N5O2S. The molecule has 0 spiro atoms. The fourth-order valence-electron chi connectivity index (χ4n) is 2.46. The van der Waals surface area contributed by atoms with E-state index in [9.17, 15) is 4.79 Å². The van der Waals surface area contributed by atoms with Gasteiger partial charge in [0.05, 0.1) is 7.11 Å². The van der Waals surface area contributed by atoms with Crippen molar-refractivity contribution in [2.75, 3.05) is 7.11 Å². The van der Waals surface area contributed by atoms with Gasteiger partial charge >= 0.3 is 0 Å². The number of benzene rings is 1. The molecule has 2 heterocycles. The minimum atomic E-state index is -0.161. The molecule has 2 N–H and O–H groups in total. The van der Waals surface area contributed by atoms with E-state index in [1.54, 1.807) is 23.9 Å². The van der Waals surface area contributed by atoms with Crippen molar-refractivity contribution in [3.05, 3.63) is 58.5 Å². The largest absolute Gasteiger partial charge is 0.481 e. The molecule has 3 aromatic rings. The Morgan fingerprint density at radius 3 is 2.81 bits per heavy atom. The maximum atomic E-state index is 12.4. The van der Waals surface area contributed by atoms with Crippen molar-refractivity contribution in [1.29, 1.82) is 0 Å². The number of nitrogens with one attached hydrogen (secondary N) is 2. The quantitative estimate of drug-likeness (QED) is 0.653. The van der Waals surface area contributed by atoms with E-state index in [-0.39, 0.29) is 12.5 Å². The Balaban J connectivity index is 1.70. The van der Waals surface area contributed by atoms with E-state index in [2.05, 4.69) is 20.5 Å². The number of carbonyl (C=O) groups is 1. The van der Waals surface area contributed by atoms with Crippen molar-refractivity contribution >= 4 is 18.1 Å². The highest BCUT2D eigenvalue weighted by molar-refractivity contribution is 7.71. The Bertz CT molecular complexity index is 962. The lowest BCUT2D eigenvalue weighted by Gasteiger charge is -2.09. The molecule has 0 saturated heterocycles. The average molecular weight is 369 g/mol. The zero-order valence-electron chi connectivity index (χ0n) is 14.5. The summed E-state index contributed by atoms with van der Waals surface area (Å²) in [6.07, 6.45) is 1.64. The molecule has 0 radical (unpaired) electrons. The Kier molecular flexibility index (Phi) is 5.43. The third-order valence-electron chi connectivity index (χ3n) is 3.87. The number of nitrogens with zero attached hydrogens (tertiary/aromatic N) is 3. The van der Waals surface area contributed by atoms with Crippen molar-refractivity contribution in [2.24, 2.45) is 0 Å². The number of ether oxygens (including phenoxy) is 1. The van der Waals surface area contributed by atoms with Gasteiger partial charge in [-0.1, -0.05) is 29.8 Å². The first-order valence-corrected chi connectivity index (χ1v) is 8.45. The van der Waals surface area contributed by atoms with Crippen LogP contribution in [0.1, 0.15) is 11.1 Å². The molecule has 8 heteroatoms. The Morgan fingerprint density at radius 2 is 2.08 bits per heavy atom. The van der Waals surface area contributed by atoms with Crippen LogP contribution in [0.15, 0.2) is 42.6 Å². The summed E-state index contributed by atoms with van der Waals surface area (Å²) in [4.78, 5) is 16.4. The molecule has 2 aromatic heterocycles. The predicted octanol–water partition coefficient (Wildman–Crippen LogP) is 2.64. The topological polar surface area (TPSA) is 84.8 Å². The zero-order chi connectivity index (χ0) is 18.5. The van der Waals surface area contributed by atoms with Crippen LogP contribution in [0.4, 0.5) is 0 Å². The van der Waals surface area contributed by atoms with E-state index in [0.717, 1.165) is 16.7 Å². The molecule has 0 fully saturated rings. The van der Waals surface area contributed by atoms with Crippen molar-refractivity contribution in [1.82, 2.24) is 25.1 Å². The average Bonchev–Trinajstić information content (AvgIpc) is 3.01. The van der Waals surface area contributed by atoms with Gasteiger partial charge in [0.15, 0.2) is 10.6 Å². The lowest BCUT2D eigenvalue weighted by Crippen LogP contribution is -2.27. The number of aryl methyl sites for hydroxylation is 1. The molecule has 0 bridgehead atoms. The lowest BCUT2D eigenvalue weighted by atomic mass is 10.1. The fraction of sp³-hybridized carbons (Fsp3) is 0.222. The number of aromatic nitrogens is 4. The normalized spacial score (nSPS) is 10.5. The van der Waals surface area contributed by atoms with Crippen LogP contribution >= 0.6 is 12.2 Å². The highest BCUT2D eigenvalue weighted by Gasteiger charge is 2.12. The second kappa shape index (κ2) is 7.92. The van der Waals surface area contributed by atoms with Crippen molar-refractivity contribution in [2.45, 2.75) is 20.0 Å². The first kappa shape index (κ1) is 17.8. The van der Waals surface area contributed by atoms with Crippen LogP contribution in [0.25, 0.3) is 11.4 Å². The van der Waals surface area contributed by atoms with Gasteiger partial charge in [-0.2, -0.15) is 5.10 Å². The first-order chi connectivity index (χ1) is 12.6. The first-order valence-electron chi connectivity index (χ1n) is 8.04. The number of amides is 1. The number of aromatic amines is 1. The summed E-state index contributed by atoms with van der Waals surface area (Å²) in [5, 5.41) is 9.88. The van der Waals surface area contributed by atoms with Crippen molar-refractivity contribution < 1.29 is 9.53 Å². The lowest BCUT2D eigenvalue weighted by molar-refractivity contribution is -0.121. The highest BCUT2D eigenvalue weighted by Crippen LogP contribution is 2.17. The molecular weight excluding hydrogens is 350 g/mol. The van der Waals surface area contributed by atoms with Crippen LogP contribution in [0.3, 0.4) is 0 Å². The zero-order valence-corrected chi connectivity index (χ0v) is 15.3. The third kappa shape index (κ3) is 4.15. The molecule has 134 valence electrons. The number of rotatable bonds is 6. The van der Waals surface area contributed by atoms with Crippen LogP contribution in [0.5, 0.6) is 5.88 Å². The standard InChI is InChI=1S/C18H19N5O2S/c1-12-3-5-14(6-4-12)17-21-22-18(26)23(17)11-15(24)20-10-13-7-8-19-16(9-13)25-2/h3-9H,10-11H2,1-2H3,(H,20,24)(H,22,26). The molecule has 26 heavy (non-hydrogen) atoms. The second-order valence-electron chi connectivity index (χ2n) is 5.79. The van der Waals surface area contributed by atoms with Crippen LogP contribution in [0.2, 0.25) is 0 Å². The van der Waals surface area contributed by atoms with Crippen LogP contribution in [-0.2, 0) is 17.9 Å². The summed E-state index contributed by atoms with van der Waals surface area (Å²) in [7, 11) is 1.55. The molecule has 1 aromatic carbocycles. The summed E-state index contributed by atoms with van der Waals surface area (Å²) < 4.78 is 7.17. The Hall–Kier alpha value is -3.00. The van der Waals surface area contributed by atoms with Gasteiger partial charge in [-0.15, -0.1) is 0 Å². The minimum Gasteiger partial charge on any atom is -0.481 e. The molecule has 0 saturated carbocycles. The van der Waals surface area contributed by atoms with Crippen LogP contribution < -0.4 is 10.1 Å². The summed E-state index contributed by atoms with van der Waals surface area (Å²) in [5.41, 5.74) is 2.95. The summed E-state index contributed by atoms with van der Waals surface area (Å²) in [6, 6.07) is 11.5. The second-order valence-corrected chi connectivity index (χ2v) is 6.17. The number of hydrogen-bond acceptors (Lipinski definition) is 5. The highest BCUT2D eigenvalue weighted by atomic mass is 32.1. The van der Waals surface area contributed by atoms with Crippen LogP contribution in [-0.4, -0.2) is 32.8 Å². The van der Waals surface area contributed by atoms with Gasteiger partial charge in [-0.3, -0.25) is 14.5 Å². The number of pyridine rings is 1. The van der Waals surface area contributed by atoms with Gasteiger partial charge in [0.25, 0.3) is 0 Å². The molecule has 0 aliphatic carbocycles. The number of H-pyrrole nitrogens is 1. The maximum absolute atomic E-state index is 12.4. The fourth-order valence-corrected chi connectivity index (χ4v) is 2.66. The van der Waals surface area contributed by atoms with Gasteiger partial charge in [-0.05, 0) is 30.8 Å². The maximum Gasteiger partial charge on any atom is 0.240 e. The smallest absolute Gasteiger partial charge is 0.240 e. The number of methoxy groups -OCH3 is 1. The van der Waals surface area contributed by atoms with Gasteiger partial charge < -0.3 is 10.1 Å². The molecule has 0 aliphatic rings. The van der Waals surface area contributed by atoms with E-state index in [0.29, 0.717) is 23.0 Å². The van der Waals surface area contributed by atoms with Gasteiger partial charge in [-0.25, -0.2) is 4.98 Å². The monoisotopic (exact) mass is 369 g/mol. The summed E-state index contributed by atoms with van der Waals surface area (Å²) >= 11 is 5.27. The van der Waals surface area contributed by atoms with Gasteiger partial charge in [0, 0.05) is 24.4 Å². The predicted molar refractivity (Wildman–Crippen MR) is 100 cm³/mol. The molecule has 1 amide bonds. The van der Waals surface area contributed by atoms with E-state index < -0.39 is 0 Å². The van der Waals surface area contributed by atoms with E-state index in [4.69, 9.17) is 17.0 Å². The van der Waals surface area contributed by atoms with Crippen molar-refractivity contribution in [3.63, 3.8) is 0 Å². The SMILES string of the molecule is COc1cc(CNC(=O)Cn2c(-c3ccc(C)cc3)n[nH]c2=S)ccn1. The van der Waals surface area contributed by atoms with Crippen LogP contribution in [0, 0.1) is 11.7 Å². The molecule has 7 nitrogen and oxygen atoms in total. The minimum absolute atomic E-state index is 0.0841. The summed E-state index contributed by atoms with van der Waals surface area (Å²) in [6.45, 7) is 2.48. The Morgan fingerprint density at radius 1 is 1.31 bits per heavy atom. The Labute approximate surface area is 156 Å². The van der Waals surface area contributed by atoms with Gasteiger partial charge in [0.2, 0.25) is 11.8 Å². The van der Waals surface area contributed by atoms with E-state index in [1.807, 2.05) is 37.3 Å². The summed E-state index contributed by atoms with van der Waals surface area (Å²) in [5.74, 6) is 0.984. The molecule has 3 rings (SSSR count). The molecule has 0 unspecified atom stereocenters. The van der Waals surface area contributed by atoms with Crippen molar-refractivity contribution in [3.8, 4) is 17.3 Å². The number of hydrogen-bond donors (Lipinski definition) is 2. The third-order valence-corrected chi connectivity index (χ3v) is 4.18. The van der Waals surface area contributed by atoms with Gasteiger partial charge in [0.1, 0.15) is 6.54 Å².